The lowest BCUT2D eigenvalue weighted by Gasteiger charge is -2.24. The fourth-order valence-electron chi connectivity index (χ4n) is 2.78. The largest absolute Gasteiger partial charge is 0.490 e. The van der Waals surface area contributed by atoms with Crippen molar-refractivity contribution >= 4 is 11.9 Å². The maximum absolute atomic E-state index is 12.5. The van der Waals surface area contributed by atoms with Crippen LogP contribution in [0.3, 0.4) is 0 Å². The molecule has 0 aliphatic rings. The van der Waals surface area contributed by atoms with Crippen LogP contribution >= 0.6 is 0 Å². The molecule has 4 N–H and O–H groups in total. The van der Waals surface area contributed by atoms with Crippen LogP contribution in [-0.4, -0.2) is 25.6 Å². The number of likely N-dealkylation sites (N-methyl/N-ethyl adjacent to an activating group) is 1. The first-order chi connectivity index (χ1) is 12.5. The maximum Gasteiger partial charge on any atom is 0.319 e. The number of quaternary nitrogens is 1. The van der Waals surface area contributed by atoms with Gasteiger partial charge in [0.1, 0.15) is 18.9 Å². The summed E-state index contributed by atoms with van der Waals surface area (Å²) in [4.78, 5) is 24.5. The number of nitrogens with two attached hydrogens (primary N) is 1. The van der Waals surface area contributed by atoms with Gasteiger partial charge in [-0.2, -0.15) is 0 Å². The van der Waals surface area contributed by atoms with Crippen molar-refractivity contribution in [3.63, 3.8) is 0 Å². The summed E-state index contributed by atoms with van der Waals surface area (Å²) in [6.07, 6.45) is 1.69. The molecule has 0 radical (unpaired) electrons. The standard InChI is InChI=1S/C20H23N3O3/c1-3-13-26-17-11-9-15(10-12-17)14-23(2)18(19(24)22-20(21)25)16-7-5-4-6-8-16/h3-12,18H,1,13-14H2,2H3,(H3,21,22,24,25)/p+1/t18-/m0/s1. The van der Waals surface area contributed by atoms with Gasteiger partial charge in [-0.15, -0.1) is 0 Å². The number of carbonyl (C=O) groups excluding carboxylic acids is 2. The number of imide groups is 1. The van der Waals surface area contributed by atoms with E-state index in [1.165, 1.54) is 0 Å². The third kappa shape index (κ3) is 5.46. The van der Waals surface area contributed by atoms with Gasteiger partial charge in [0.25, 0.3) is 5.91 Å². The molecule has 1 unspecified atom stereocenters. The predicted octanol–water partition coefficient (Wildman–Crippen LogP) is 1.20. The van der Waals surface area contributed by atoms with Crippen LogP contribution in [0.25, 0.3) is 0 Å². The first kappa shape index (κ1) is 19.2. The lowest BCUT2D eigenvalue weighted by Crippen LogP contribution is -3.09. The number of hydrogen-bond acceptors (Lipinski definition) is 3. The van der Waals surface area contributed by atoms with Crippen molar-refractivity contribution in [1.29, 1.82) is 0 Å². The van der Waals surface area contributed by atoms with Crippen LogP contribution in [0.5, 0.6) is 5.75 Å². The normalized spacial score (nSPS) is 12.7. The summed E-state index contributed by atoms with van der Waals surface area (Å²) in [5.41, 5.74) is 6.97. The molecule has 0 saturated heterocycles. The van der Waals surface area contributed by atoms with Crippen LogP contribution in [0.15, 0.2) is 67.3 Å². The summed E-state index contributed by atoms with van der Waals surface area (Å²) in [5, 5.41) is 2.19. The van der Waals surface area contributed by atoms with E-state index in [0.29, 0.717) is 13.2 Å². The van der Waals surface area contributed by atoms with Crippen molar-refractivity contribution < 1.29 is 19.2 Å². The Kier molecular flexibility index (Phi) is 6.93. The molecule has 6 nitrogen and oxygen atoms in total. The Balaban J connectivity index is 2.15. The Morgan fingerprint density at radius 2 is 1.85 bits per heavy atom. The highest BCUT2D eigenvalue weighted by atomic mass is 16.5. The summed E-state index contributed by atoms with van der Waals surface area (Å²) in [5.74, 6) is 0.338. The summed E-state index contributed by atoms with van der Waals surface area (Å²) >= 11 is 0. The van der Waals surface area contributed by atoms with Crippen molar-refractivity contribution in [2.45, 2.75) is 12.6 Å². The molecule has 0 heterocycles. The number of hydrogen-bond donors (Lipinski definition) is 3. The van der Waals surface area contributed by atoms with Crippen LogP contribution in [-0.2, 0) is 11.3 Å². The highest BCUT2D eigenvalue weighted by Crippen LogP contribution is 2.13. The van der Waals surface area contributed by atoms with Gasteiger partial charge in [0.15, 0.2) is 6.04 Å². The number of amides is 3. The second kappa shape index (κ2) is 9.39. The molecule has 0 spiro atoms. The Labute approximate surface area is 153 Å². The summed E-state index contributed by atoms with van der Waals surface area (Å²) in [7, 11) is 1.90. The molecule has 0 aliphatic heterocycles. The van der Waals surface area contributed by atoms with Crippen molar-refractivity contribution in [2.75, 3.05) is 13.7 Å². The van der Waals surface area contributed by atoms with E-state index in [1.54, 1.807) is 6.08 Å². The molecule has 0 saturated carbocycles. The maximum atomic E-state index is 12.5. The molecule has 2 atom stereocenters. The number of primary amides is 1. The van der Waals surface area contributed by atoms with Gasteiger partial charge in [0.05, 0.1) is 7.05 Å². The van der Waals surface area contributed by atoms with Gasteiger partial charge in [-0.3, -0.25) is 10.1 Å². The van der Waals surface area contributed by atoms with E-state index in [9.17, 15) is 9.59 Å². The Hall–Kier alpha value is -3.12. The van der Waals surface area contributed by atoms with Crippen molar-refractivity contribution in [2.24, 2.45) is 5.73 Å². The van der Waals surface area contributed by atoms with E-state index in [-0.39, 0.29) is 0 Å². The van der Waals surface area contributed by atoms with Gasteiger partial charge < -0.3 is 15.4 Å². The molecule has 0 aromatic heterocycles. The van der Waals surface area contributed by atoms with E-state index in [0.717, 1.165) is 21.8 Å². The van der Waals surface area contributed by atoms with Crippen LogP contribution in [0, 0.1) is 0 Å². The molecular weight excluding hydrogens is 330 g/mol. The highest BCUT2D eigenvalue weighted by Gasteiger charge is 2.29. The number of benzene rings is 2. The second-order valence-corrected chi connectivity index (χ2v) is 5.96. The summed E-state index contributed by atoms with van der Waals surface area (Å²) in [6.45, 7) is 4.66. The van der Waals surface area contributed by atoms with Gasteiger partial charge in [0, 0.05) is 11.1 Å². The van der Waals surface area contributed by atoms with Crippen molar-refractivity contribution in [3.8, 4) is 5.75 Å². The molecule has 3 amide bonds. The number of ether oxygens (including phenoxy) is 1. The molecule has 6 heteroatoms. The lowest BCUT2D eigenvalue weighted by atomic mass is 10.0. The number of rotatable bonds is 8. The molecule has 0 bridgehead atoms. The minimum Gasteiger partial charge on any atom is -0.490 e. The fourth-order valence-corrected chi connectivity index (χ4v) is 2.78. The van der Waals surface area contributed by atoms with Gasteiger partial charge in [0.2, 0.25) is 0 Å². The third-order valence-corrected chi connectivity index (χ3v) is 3.91. The molecule has 136 valence electrons. The number of urea groups is 1. The highest BCUT2D eigenvalue weighted by molar-refractivity contribution is 5.96. The van der Waals surface area contributed by atoms with Crippen molar-refractivity contribution in [3.05, 3.63) is 78.4 Å². The first-order valence-corrected chi connectivity index (χ1v) is 8.31. The monoisotopic (exact) mass is 354 g/mol. The van der Waals surface area contributed by atoms with Gasteiger partial charge in [-0.25, -0.2) is 4.79 Å². The SMILES string of the molecule is C=CCOc1ccc(C[NH+](C)[C@H](C(=O)NC(N)=O)c2ccccc2)cc1. The Bertz CT molecular complexity index is 745. The molecule has 26 heavy (non-hydrogen) atoms. The lowest BCUT2D eigenvalue weighted by molar-refractivity contribution is -0.916. The number of nitrogens with one attached hydrogen (secondary N) is 2. The average Bonchev–Trinajstić information content (AvgIpc) is 2.61. The van der Waals surface area contributed by atoms with E-state index >= 15 is 0 Å². The zero-order valence-corrected chi connectivity index (χ0v) is 14.8. The molecule has 2 rings (SSSR count). The van der Waals surface area contributed by atoms with Crippen LogP contribution in [0.4, 0.5) is 4.79 Å². The average molecular weight is 354 g/mol. The molecule has 0 fully saturated rings. The molecule has 2 aromatic rings. The zero-order valence-electron chi connectivity index (χ0n) is 14.8. The van der Waals surface area contributed by atoms with Gasteiger partial charge >= 0.3 is 6.03 Å². The first-order valence-electron chi connectivity index (χ1n) is 8.31. The van der Waals surface area contributed by atoms with Crippen LogP contribution < -0.4 is 20.7 Å². The zero-order chi connectivity index (χ0) is 18.9. The van der Waals surface area contributed by atoms with E-state index < -0.39 is 18.0 Å². The van der Waals surface area contributed by atoms with E-state index in [2.05, 4.69) is 11.9 Å². The van der Waals surface area contributed by atoms with Gasteiger partial charge in [-0.05, 0) is 24.3 Å². The summed E-state index contributed by atoms with van der Waals surface area (Å²) in [6, 6.07) is 15.6. The van der Waals surface area contributed by atoms with Crippen LogP contribution in [0.1, 0.15) is 17.2 Å². The molecule has 2 aromatic carbocycles. The molecule has 0 aliphatic carbocycles. The Morgan fingerprint density at radius 1 is 1.19 bits per heavy atom. The number of carbonyl (C=O) groups is 2. The predicted molar refractivity (Wildman–Crippen MR) is 99.6 cm³/mol. The second-order valence-electron chi connectivity index (χ2n) is 5.96. The van der Waals surface area contributed by atoms with Gasteiger partial charge in [-0.1, -0.05) is 43.0 Å². The Morgan fingerprint density at radius 3 is 2.42 bits per heavy atom. The quantitative estimate of drug-likeness (QED) is 0.623. The topological polar surface area (TPSA) is 85.9 Å². The molecular formula is C20H24N3O3+. The third-order valence-electron chi connectivity index (χ3n) is 3.91. The minimum atomic E-state index is -0.854. The van der Waals surface area contributed by atoms with Crippen LogP contribution in [0.2, 0.25) is 0 Å². The van der Waals surface area contributed by atoms with E-state index in [1.807, 2.05) is 61.6 Å². The summed E-state index contributed by atoms with van der Waals surface area (Å²) < 4.78 is 5.47. The van der Waals surface area contributed by atoms with Crippen molar-refractivity contribution in [1.82, 2.24) is 5.32 Å². The minimum absolute atomic E-state index is 0.424. The smallest absolute Gasteiger partial charge is 0.319 e. The fraction of sp³-hybridized carbons (Fsp3) is 0.200. The van der Waals surface area contributed by atoms with E-state index in [4.69, 9.17) is 10.5 Å².